The number of carbonyl (C=O) groups is 1. The molecule has 0 bridgehead atoms. The minimum Gasteiger partial charge on any atom is -0.489 e. The first-order valence-corrected chi connectivity index (χ1v) is 5.77. The second-order valence-electron chi connectivity index (χ2n) is 4.20. The van der Waals surface area contributed by atoms with Crippen LogP contribution in [0.25, 0.3) is 0 Å². The second-order valence-corrected chi connectivity index (χ2v) is 4.20. The first-order chi connectivity index (χ1) is 9.06. The Balaban J connectivity index is 2.10. The van der Waals surface area contributed by atoms with Crippen LogP contribution in [-0.4, -0.2) is 11.1 Å². The van der Waals surface area contributed by atoms with Crippen molar-refractivity contribution in [2.75, 3.05) is 0 Å². The Bertz CT molecular complexity index is 608. The zero-order chi connectivity index (χ0) is 13.8. The third kappa shape index (κ3) is 3.31. The Labute approximate surface area is 110 Å². The molecule has 19 heavy (non-hydrogen) atoms. The van der Waals surface area contributed by atoms with Crippen molar-refractivity contribution < 1.29 is 19.0 Å². The van der Waals surface area contributed by atoms with Crippen molar-refractivity contribution in [1.29, 1.82) is 0 Å². The third-order valence-electron chi connectivity index (χ3n) is 2.71. The van der Waals surface area contributed by atoms with Crippen molar-refractivity contribution in [2.45, 2.75) is 13.5 Å². The van der Waals surface area contributed by atoms with E-state index in [0.717, 1.165) is 5.56 Å². The van der Waals surface area contributed by atoms with Crippen LogP contribution in [0.4, 0.5) is 4.39 Å². The van der Waals surface area contributed by atoms with Crippen molar-refractivity contribution in [2.24, 2.45) is 0 Å². The lowest BCUT2D eigenvalue weighted by molar-refractivity contribution is 0.0696. The van der Waals surface area contributed by atoms with E-state index in [4.69, 9.17) is 9.84 Å². The van der Waals surface area contributed by atoms with E-state index in [1.165, 1.54) is 18.2 Å². The molecule has 0 saturated heterocycles. The molecule has 2 aromatic carbocycles. The second kappa shape index (κ2) is 5.52. The van der Waals surface area contributed by atoms with Crippen LogP contribution in [0.3, 0.4) is 0 Å². The highest BCUT2D eigenvalue weighted by atomic mass is 19.1. The Morgan fingerprint density at radius 2 is 2.05 bits per heavy atom. The summed E-state index contributed by atoms with van der Waals surface area (Å²) in [6.07, 6.45) is 0. The number of aromatic carboxylic acids is 1. The van der Waals surface area contributed by atoms with Gasteiger partial charge in [0.1, 0.15) is 18.2 Å². The van der Waals surface area contributed by atoms with E-state index < -0.39 is 5.97 Å². The Morgan fingerprint density at radius 1 is 1.26 bits per heavy atom. The molecule has 0 heterocycles. The molecule has 0 radical (unpaired) electrons. The van der Waals surface area contributed by atoms with E-state index in [9.17, 15) is 9.18 Å². The predicted molar refractivity (Wildman–Crippen MR) is 68.9 cm³/mol. The van der Waals surface area contributed by atoms with E-state index in [0.29, 0.717) is 11.3 Å². The van der Waals surface area contributed by atoms with Gasteiger partial charge >= 0.3 is 5.97 Å². The lowest BCUT2D eigenvalue weighted by Gasteiger charge is -2.09. The fraction of sp³-hybridized carbons (Fsp3) is 0.133. The van der Waals surface area contributed by atoms with Gasteiger partial charge in [-0.2, -0.15) is 0 Å². The summed E-state index contributed by atoms with van der Waals surface area (Å²) in [4.78, 5) is 10.8. The number of hydrogen-bond donors (Lipinski definition) is 1. The summed E-state index contributed by atoms with van der Waals surface area (Å²) in [5, 5.41) is 8.89. The largest absolute Gasteiger partial charge is 0.489 e. The van der Waals surface area contributed by atoms with Crippen LogP contribution in [0.1, 0.15) is 21.5 Å². The Morgan fingerprint density at radius 3 is 2.74 bits per heavy atom. The van der Waals surface area contributed by atoms with Gasteiger partial charge in [-0.15, -0.1) is 0 Å². The predicted octanol–water partition coefficient (Wildman–Crippen LogP) is 3.41. The number of carboxylic acid groups (broad SMARTS) is 1. The quantitative estimate of drug-likeness (QED) is 0.916. The van der Waals surface area contributed by atoms with Crippen LogP contribution in [0.5, 0.6) is 5.75 Å². The first kappa shape index (κ1) is 13.1. The van der Waals surface area contributed by atoms with Crippen molar-refractivity contribution in [3.05, 3.63) is 65.0 Å². The molecular formula is C15H13FO3. The van der Waals surface area contributed by atoms with Crippen LogP contribution in [0.15, 0.2) is 42.5 Å². The molecular weight excluding hydrogens is 247 g/mol. The van der Waals surface area contributed by atoms with Crippen LogP contribution in [-0.2, 0) is 6.61 Å². The zero-order valence-corrected chi connectivity index (χ0v) is 10.4. The van der Waals surface area contributed by atoms with Gasteiger partial charge in [-0.3, -0.25) is 0 Å². The summed E-state index contributed by atoms with van der Waals surface area (Å²) in [5.74, 6) is -0.695. The summed E-state index contributed by atoms with van der Waals surface area (Å²) in [6, 6.07) is 10.8. The third-order valence-corrected chi connectivity index (χ3v) is 2.71. The maximum absolute atomic E-state index is 12.9. The van der Waals surface area contributed by atoms with Crippen LogP contribution in [0, 0.1) is 12.7 Å². The maximum Gasteiger partial charge on any atom is 0.335 e. The highest BCUT2D eigenvalue weighted by Gasteiger charge is 2.05. The van der Waals surface area contributed by atoms with Crippen molar-refractivity contribution in [3.63, 3.8) is 0 Å². The number of rotatable bonds is 4. The lowest BCUT2D eigenvalue weighted by Crippen LogP contribution is -2.01. The standard InChI is InChI=1S/C15H13FO3/c1-10-7-13(16)5-6-14(10)19-9-11-3-2-4-12(8-11)15(17)18/h2-8H,9H2,1H3,(H,17,18). The van der Waals surface area contributed by atoms with Gasteiger partial charge in [0, 0.05) is 0 Å². The van der Waals surface area contributed by atoms with Crippen LogP contribution >= 0.6 is 0 Å². The van der Waals surface area contributed by atoms with Gasteiger partial charge < -0.3 is 9.84 Å². The molecule has 3 nitrogen and oxygen atoms in total. The highest BCUT2D eigenvalue weighted by Crippen LogP contribution is 2.20. The summed E-state index contributed by atoms with van der Waals surface area (Å²) >= 11 is 0. The highest BCUT2D eigenvalue weighted by molar-refractivity contribution is 5.87. The van der Waals surface area contributed by atoms with E-state index in [1.54, 1.807) is 31.2 Å². The van der Waals surface area contributed by atoms with E-state index >= 15 is 0 Å². The van der Waals surface area contributed by atoms with Gasteiger partial charge in [0.25, 0.3) is 0 Å². The number of carboxylic acids is 1. The molecule has 0 aliphatic rings. The lowest BCUT2D eigenvalue weighted by atomic mass is 10.1. The molecule has 4 heteroatoms. The molecule has 0 saturated carbocycles. The molecule has 2 aromatic rings. The average molecular weight is 260 g/mol. The summed E-state index contributed by atoms with van der Waals surface area (Å²) in [7, 11) is 0. The van der Waals surface area contributed by atoms with Gasteiger partial charge in [0.15, 0.2) is 0 Å². The topological polar surface area (TPSA) is 46.5 Å². The molecule has 1 N–H and O–H groups in total. The summed E-state index contributed by atoms with van der Waals surface area (Å²) in [6.45, 7) is 2.00. The van der Waals surface area contributed by atoms with Crippen LogP contribution in [0.2, 0.25) is 0 Å². The molecule has 0 aliphatic heterocycles. The normalized spacial score (nSPS) is 10.2. The maximum atomic E-state index is 12.9. The number of aryl methyl sites for hydroxylation is 1. The van der Waals surface area contributed by atoms with Gasteiger partial charge in [0.2, 0.25) is 0 Å². The number of benzene rings is 2. The molecule has 0 spiro atoms. The summed E-state index contributed by atoms with van der Waals surface area (Å²) < 4.78 is 18.5. The van der Waals surface area contributed by atoms with Gasteiger partial charge in [-0.05, 0) is 48.4 Å². The molecule has 0 aliphatic carbocycles. The van der Waals surface area contributed by atoms with Gasteiger partial charge in [-0.25, -0.2) is 9.18 Å². The van der Waals surface area contributed by atoms with Crippen molar-refractivity contribution in [1.82, 2.24) is 0 Å². The molecule has 0 aromatic heterocycles. The van der Waals surface area contributed by atoms with E-state index in [-0.39, 0.29) is 18.0 Å². The van der Waals surface area contributed by atoms with E-state index in [1.807, 2.05) is 0 Å². The average Bonchev–Trinajstić information content (AvgIpc) is 2.38. The monoisotopic (exact) mass is 260 g/mol. The number of ether oxygens (including phenoxy) is 1. The smallest absolute Gasteiger partial charge is 0.335 e. The molecule has 0 amide bonds. The molecule has 0 unspecified atom stereocenters. The van der Waals surface area contributed by atoms with Gasteiger partial charge in [0.05, 0.1) is 5.56 Å². The van der Waals surface area contributed by atoms with Gasteiger partial charge in [-0.1, -0.05) is 12.1 Å². The van der Waals surface area contributed by atoms with E-state index in [2.05, 4.69) is 0 Å². The first-order valence-electron chi connectivity index (χ1n) is 5.77. The SMILES string of the molecule is Cc1cc(F)ccc1OCc1cccc(C(=O)O)c1. The number of halogens is 1. The minimum absolute atomic E-state index is 0.219. The number of hydrogen-bond acceptors (Lipinski definition) is 2. The molecule has 98 valence electrons. The fourth-order valence-electron chi connectivity index (χ4n) is 1.73. The Hall–Kier alpha value is -2.36. The van der Waals surface area contributed by atoms with Crippen LogP contribution < -0.4 is 4.74 Å². The van der Waals surface area contributed by atoms with Crippen molar-refractivity contribution >= 4 is 5.97 Å². The molecule has 0 atom stereocenters. The Kier molecular flexibility index (Phi) is 3.80. The molecule has 0 fully saturated rings. The summed E-state index contributed by atoms with van der Waals surface area (Å²) in [5.41, 5.74) is 1.68. The molecule has 2 rings (SSSR count). The van der Waals surface area contributed by atoms with Crippen molar-refractivity contribution in [3.8, 4) is 5.75 Å². The minimum atomic E-state index is -0.972. The zero-order valence-electron chi connectivity index (χ0n) is 10.4. The fourth-order valence-corrected chi connectivity index (χ4v) is 1.73.